The fraction of sp³-hybridized carbons (Fsp3) is 0.667. The third kappa shape index (κ3) is 3.59. The normalized spacial score (nSPS) is 26.4. The Hall–Kier alpha value is -1.18. The largest absolute Gasteiger partial charge is 0.487 e. The van der Waals surface area contributed by atoms with Crippen molar-refractivity contribution in [2.24, 2.45) is 5.92 Å². The second kappa shape index (κ2) is 6.52. The smallest absolute Gasteiger partial charge is 0.214 e. The van der Waals surface area contributed by atoms with E-state index in [-0.39, 0.29) is 17.8 Å². The third-order valence-electron chi connectivity index (χ3n) is 4.22. The molecule has 0 aliphatic carbocycles. The number of sulfonamides is 1. The SMILES string of the molecule is Cc1ncccc1OC1CCN(S(=O)(=O)CC2CCOC2)C1. The van der Waals surface area contributed by atoms with Crippen LogP contribution in [0, 0.1) is 12.8 Å². The van der Waals surface area contributed by atoms with Crippen LogP contribution < -0.4 is 4.74 Å². The average Bonchev–Trinajstić information content (AvgIpc) is 3.13. The Labute approximate surface area is 131 Å². The third-order valence-corrected chi connectivity index (χ3v) is 6.23. The van der Waals surface area contributed by atoms with Gasteiger partial charge in [-0.15, -0.1) is 0 Å². The highest BCUT2D eigenvalue weighted by atomic mass is 32.2. The molecule has 7 heteroatoms. The highest BCUT2D eigenvalue weighted by molar-refractivity contribution is 7.89. The number of aryl methyl sites for hydroxylation is 1. The summed E-state index contributed by atoms with van der Waals surface area (Å²) >= 11 is 0. The molecule has 0 saturated carbocycles. The molecule has 122 valence electrons. The quantitative estimate of drug-likeness (QED) is 0.813. The van der Waals surface area contributed by atoms with Crippen LogP contribution in [0.15, 0.2) is 18.3 Å². The van der Waals surface area contributed by atoms with Crippen molar-refractivity contribution >= 4 is 10.0 Å². The molecule has 3 rings (SSSR count). The lowest BCUT2D eigenvalue weighted by atomic mass is 10.2. The van der Waals surface area contributed by atoms with Gasteiger partial charge in [0.1, 0.15) is 11.9 Å². The molecule has 2 aliphatic rings. The van der Waals surface area contributed by atoms with E-state index in [9.17, 15) is 8.42 Å². The van der Waals surface area contributed by atoms with Crippen LogP contribution in [0.5, 0.6) is 5.75 Å². The summed E-state index contributed by atoms with van der Waals surface area (Å²) < 4.78 is 37.6. The first-order chi connectivity index (χ1) is 10.5. The summed E-state index contributed by atoms with van der Waals surface area (Å²) in [6.07, 6.45) is 3.17. The minimum Gasteiger partial charge on any atom is -0.487 e. The van der Waals surface area contributed by atoms with Crippen LogP contribution >= 0.6 is 0 Å². The molecular formula is C15H22N2O4S. The molecule has 0 N–H and O–H groups in total. The van der Waals surface area contributed by atoms with E-state index >= 15 is 0 Å². The molecule has 0 aromatic carbocycles. The van der Waals surface area contributed by atoms with E-state index in [0.717, 1.165) is 17.9 Å². The maximum Gasteiger partial charge on any atom is 0.214 e. The molecule has 22 heavy (non-hydrogen) atoms. The van der Waals surface area contributed by atoms with Gasteiger partial charge in [0, 0.05) is 19.3 Å². The number of hydrogen-bond donors (Lipinski definition) is 0. The first-order valence-electron chi connectivity index (χ1n) is 7.68. The van der Waals surface area contributed by atoms with Crippen molar-refractivity contribution in [3.63, 3.8) is 0 Å². The van der Waals surface area contributed by atoms with E-state index in [0.29, 0.717) is 32.7 Å². The van der Waals surface area contributed by atoms with E-state index in [2.05, 4.69) is 4.98 Å². The Morgan fingerprint density at radius 1 is 1.45 bits per heavy atom. The second-order valence-corrected chi connectivity index (χ2v) is 8.00. The van der Waals surface area contributed by atoms with E-state index in [4.69, 9.17) is 9.47 Å². The van der Waals surface area contributed by atoms with Gasteiger partial charge < -0.3 is 9.47 Å². The van der Waals surface area contributed by atoms with Crippen LogP contribution in [0.4, 0.5) is 0 Å². The van der Waals surface area contributed by atoms with Crippen molar-refractivity contribution in [3.05, 3.63) is 24.0 Å². The van der Waals surface area contributed by atoms with Gasteiger partial charge >= 0.3 is 0 Å². The minimum absolute atomic E-state index is 0.0995. The van der Waals surface area contributed by atoms with Crippen molar-refractivity contribution in [1.29, 1.82) is 0 Å². The maximum absolute atomic E-state index is 12.5. The number of nitrogens with zero attached hydrogens (tertiary/aromatic N) is 2. The van der Waals surface area contributed by atoms with Crippen LogP contribution in [0.3, 0.4) is 0 Å². The average molecular weight is 326 g/mol. The molecule has 0 spiro atoms. The highest BCUT2D eigenvalue weighted by Crippen LogP contribution is 2.24. The van der Waals surface area contributed by atoms with Crippen molar-refractivity contribution in [3.8, 4) is 5.75 Å². The van der Waals surface area contributed by atoms with Gasteiger partial charge in [-0.05, 0) is 37.8 Å². The van der Waals surface area contributed by atoms with Crippen LogP contribution in [0.2, 0.25) is 0 Å². The fourth-order valence-electron chi connectivity index (χ4n) is 2.94. The van der Waals surface area contributed by atoms with Crippen LogP contribution in [-0.4, -0.2) is 55.9 Å². The summed E-state index contributed by atoms with van der Waals surface area (Å²) in [5.41, 5.74) is 0.826. The van der Waals surface area contributed by atoms with Crippen LogP contribution in [-0.2, 0) is 14.8 Å². The van der Waals surface area contributed by atoms with Gasteiger partial charge in [-0.1, -0.05) is 0 Å². The van der Waals surface area contributed by atoms with Crippen LogP contribution in [0.25, 0.3) is 0 Å². The fourth-order valence-corrected chi connectivity index (χ4v) is 4.78. The minimum atomic E-state index is -3.22. The topological polar surface area (TPSA) is 68.7 Å². The van der Waals surface area contributed by atoms with Crippen molar-refractivity contribution in [1.82, 2.24) is 9.29 Å². The van der Waals surface area contributed by atoms with Gasteiger partial charge in [0.05, 0.1) is 24.6 Å². The molecule has 2 fully saturated rings. The van der Waals surface area contributed by atoms with Gasteiger partial charge in [0.15, 0.2) is 0 Å². The number of rotatable bonds is 5. The number of pyridine rings is 1. The van der Waals surface area contributed by atoms with Crippen molar-refractivity contribution in [2.45, 2.75) is 25.9 Å². The second-order valence-electron chi connectivity index (χ2n) is 5.98. The van der Waals surface area contributed by atoms with E-state index in [1.165, 1.54) is 0 Å². The van der Waals surface area contributed by atoms with Crippen molar-refractivity contribution < 1.29 is 17.9 Å². The Kier molecular flexibility index (Phi) is 4.65. The molecule has 2 atom stereocenters. The summed E-state index contributed by atoms with van der Waals surface area (Å²) in [5.74, 6) is 1.05. The summed E-state index contributed by atoms with van der Waals surface area (Å²) in [7, 11) is -3.22. The predicted molar refractivity (Wildman–Crippen MR) is 82.3 cm³/mol. The molecule has 1 aromatic heterocycles. The molecule has 3 heterocycles. The zero-order valence-electron chi connectivity index (χ0n) is 12.8. The first kappa shape index (κ1) is 15.7. The number of aromatic nitrogens is 1. The number of hydrogen-bond acceptors (Lipinski definition) is 5. The molecule has 0 bridgehead atoms. The van der Waals surface area contributed by atoms with Gasteiger partial charge in [0.25, 0.3) is 0 Å². The van der Waals surface area contributed by atoms with E-state index in [1.54, 1.807) is 10.5 Å². The molecule has 2 aliphatic heterocycles. The zero-order valence-corrected chi connectivity index (χ0v) is 13.6. The standard InChI is InChI=1S/C15H22N2O4S/c1-12-15(3-2-6-16-12)21-14-4-7-17(9-14)22(18,19)11-13-5-8-20-10-13/h2-3,6,13-14H,4-5,7-11H2,1H3. The summed E-state index contributed by atoms with van der Waals surface area (Å²) in [5, 5.41) is 0. The molecule has 0 amide bonds. The lowest BCUT2D eigenvalue weighted by Gasteiger charge is -2.19. The summed E-state index contributed by atoms with van der Waals surface area (Å²) in [6, 6.07) is 3.70. The van der Waals surface area contributed by atoms with Gasteiger partial charge in [-0.2, -0.15) is 4.31 Å². The molecule has 0 radical (unpaired) electrons. The lowest BCUT2D eigenvalue weighted by Crippen LogP contribution is -2.35. The zero-order chi connectivity index (χ0) is 15.6. The highest BCUT2D eigenvalue weighted by Gasteiger charge is 2.35. The van der Waals surface area contributed by atoms with E-state index < -0.39 is 10.0 Å². The van der Waals surface area contributed by atoms with E-state index in [1.807, 2.05) is 19.1 Å². The Balaban J connectivity index is 1.58. The number of ether oxygens (including phenoxy) is 2. The van der Waals surface area contributed by atoms with Crippen molar-refractivity contribution in [2.75, 3.05) is 32.1 Å². The van der Waals surface area contributed by atoms with Crippen LogP contribution in [0.1, 0.15) is 18.5 Å². The first-order valence-corrected chi connectivity index (χ1v) is 9.29. The monoisotopic (exact) mass is 326 g/mol. The molecular weight excluding hydrogens is 304 g/mol. The van der Waals surface area contributed by atoms with Gasteiger partial charge in [-0.25, -0.2) is 8.42 Å². The Bertz CT molecular complexity index is 614. The van der Waals surface area contributed by atoms with Gasteiger partial charge in [0.2, 0.25) is 10.0 Å². The summed E-state index contributed by atoms with van der Waals surface area (Å²) in [6.45, 7) is 4.07. The maximum atomic E-state index is 12.5. The predicted octanol–water partition coefficient (Wildman–Crippen LogP) is 1.21. The molecule has 2 saturated heterocycles. The Morgan fingerprint density at radius 3 is 3.05 bits per heavy atom. The molecule has 6 nitrogen and oxygen atoms in total. The lowest BCUT2D eigenvalue weighted by molar-refractivity contribution is 0.188. The molecule has 2 unspecified atom stereocenters. The van der Waals surface area contributed by atoms with Gasteiger partial charge in [-0.3, -0.25) is 4.98 Å². The molecule has 1 aromatic rings. The summed E-state index contributed by atoms with van der Waals surface area (Å²) in [4.78, 5) is 4.19. The Morgan fingerprint density at radius 2 is 2.32 bits per heavy atom.